The van der Waals surface area contributed by atoms with Gasteiger partial charge in [0.05, 0.1) is 38.2 Å². The largest absolute Gasteiger partial charge is 0.481 e. The number of nitrogens with one attached hydrogen (secondary N) is 2. The van der Waals surface area contributed by atoms with E-state index >= 15 is 0 Å². The van der Waals surface area contributed by atoms with Gasteiger partial charge in [-0.3, -0.25) is 37.1 Å². The summed E-state index contributed by atoms with van der Waals surface area (Å²) in [5.74, 6) is -6.68. The van der Waals surface area contributed by atoms with E-state index in [1.54, 1.807) is 49.3 Å². The van der Waals surface area contributed by atoms with E-state index in [0.29, 0.717) is 33.9 Å². The number of carbonyl (C=O) groups is 3. The Bertz CT molecular complexity index is 3590. The minimum Gasteiger partial charge on any atom is -0.481 e. The molecule has 2 aliphatic heterocycles. The second-order valence-electron chi connectivity index (χ2n) is 20.2. The lowest BCUT2D eigenvalue weighted by atomic mass is 9.70. The number of rotatable bonds is 26. The number of carboxylic acids is 1. The maximum atomic E-state index is 14.6. The molecule has 2 aromatic carbocycles. The monoisotopic (exact) mass is 1230 g/mol. The molecule has 0 spiro atoms. The van der Waals surface area contributed by atoms with Gasteiger partial charge in [-0.1, -0.05) is 32.1 Å². The molecule has 0 fully saturated rings. The van der Waals surface area contributed by atoms with Gasteiger partial charge < -0.3 is 20.6 Å². The topological polar surface area (TPSA) is 411 Å². The van der Waals surface area contributed by atoms with Crippen molar-refractivity contribution in [3.05, 3.63) is 94.7 Å². The number of nitrogens with zero attached hydrogens (tertiary/aromatic N) is 3. The fraction of sp³-hybridized carbons (Fsp3) is 0.489. The summed E-state index contributed by atoms with van der Waals surface area (Å²) in [6.07, 6.45) is 6.04. The summed E-state index contributed by atoms with van der Waals surface area (Å²) in [4.78, 5) is 41.3. The maximum Gasteiger partial charge on any atom is 0.303 e. The van der Waals surface area contributed by atoms with E-state index in [1.807, 2.05) is 0 Å². The number of carboxylic acid groups (broad SMARTS) is 1. The van der Waals surface area contributed by atoms with Gasteiger partial charge in [-0.15, -0.1) is 0 Å². The predicted molar refractivity (Wildman–Crippen MR) is 289 cm³/mol. The molecular weight excluding hydrogens is 1160 g/mol. The third-order valence-corrected chi connectivity index (χ3v) is 19.4. The number of benzene rings is 2. The molecule has 2 heterocycles. The molecular formula is C47H64N5O21S6+. The van der Waals surface area contributed by atoms with Crippen LogP contribution in [0.1, 0.15) is 77.3 Å². The smallest absolute Gasteiger partial charge is 0.303 e. The number of anilines is 1. The lowest BCUT2D eigenvalue weighted by molar-refractivity contribution is -0.437. The first-order valence-corrected chi connectivity index (χ1v) is 33.5. The zero-order valence-corrected chi connectivity index (χ0v) is 48.5. The molecule has 0 bridgehead atoms. The minimum absolute atomic E-state index is 0.0144. The van der Waals surface area contributed by atoms with Gasteiger partial charge in [-0.25, -0.2) is 12.7 Å². The molecule has 8 N–H and O–H groups in total. The third-order valence-electron chi connectivity index (χ3n) is 13.6. The Morgan fingerprint density at radius 2 is 1.22 bits per heavy atom. The van der Waals surface area contributed by atoms with E-state index in [2.05, 4.69) is 10.6 Å². The van der Waals surface area contributed by atoms with Crippen molar-refractivity contribution in [1.29, 1.82) is 0 Å². The molecule has 79 heavy (non-hydrogen) atoms. The first-order valence-electron chi connectivity index (χ1n) is 24.1. The van der Waals surface area contributed by atoms with Gasteiger partial charge >= 0.3 is 5.97 Å². The number of hydrogen-bond acceptors (Lipinski definition) is 16. The van der Waals surface area contributed by atoms with Crippen molar-refractivity contribution in [3.63, 3.8) is 0 Å². The van der Waals surface area contributed by atoms with Crippen LogP contribution in [0.2, 0.25) is 0 Å². The maximum absolute atomic E-state index is 14.6. The molecule has 5 rings (SSSR count). The number of carbonyl (C=O) groups excluding carboxylic acids is 2. The molecule has 0 aromatic heterocycles. The van der Waals surface area contributed by atoms with Crippen LogP contribution in [-0.4, -0.2) is 174 Å². The van der Waals surface area contributed by atoms with Gasteiger partial charge in [0.15, 0.2) is 5.71 Å². The van der Waals surface area contributed by atoms with E-state index in [0.717, 1.165) is 10.4 Å². The molecule has 0 unspecified atom stereocenters. The number of hydrogen-bond donors (Lipinski definition) is 8. The minimum atomic E-state index is -4.73. The highest BCUT2D eigenvalue weighted by molar-refractivity contribution is 7.89. The Kier molecular flexibility index (Phi) is 19.7. The van der Waals surface area contributed by atoms with Crippen molar-refractivity contribution in [3.8, 4) is 0 Å². The van der Waals surface area contributed by atoms with Gasteiger partial charge in [-0.2, -0.15) is 46.7 Å². The van der Waals surface area contributed by atoms with Crippen LogP contribution in [-0.2, 0) is 85.8 Å². The zero-order valence-electron chi connectivity index (χ0n) is 43.6. The van der Waals surface area contributed by atoms with Crippen molar-refractivity contribution in [2.45, 2.75) is 86.8 Å². The third kappa shape index (κ3) is 16.5. The standard InChI is InChI=1S/C47H63N5O21S6/c1-45(2)36-28-34(78(69,70)50(5)20-6-9-42(53)54)12-14-38(36)51(21-7-23-74(57,58)59)40(45)16-10-32-27-33(31-47(30-32,43(55)48-18-25-76(63,64)65)44(56)49-19-26-77(66,67)68)11-17-41-46(3,4)37-29-35(79(71,72)73)13-15-39(37)52(41)22-8-24-75(60,61)62/h10-17,27-29H,6-9,18-26,30-31H2,1-5H3,(H7-,48,49,53,54,55,56,57,58,59,60,61,62,63,64,65,66,67,68,71,72,73)/p+1. The molecule has 2 amide bonds. The molecule has 26 nitrogen and oxygen atoms in total. The molecule has 0 saturated carbocycles. The Balaban J connectivity index is 1.74. The van der Waals surface area contributed by atoms with Gasteiger partial charge in [0.25, 0.3) is 50.6 Å². The average molecular weight is 1230 g/mol. The molecule has 438 valence electrons. The lowest BCUT2D eigenvalue weighted by Gasteiger charge is -2.35. The first-order chi connectivity index (χ1) is 36.1. The van der Waals surface area contributed by atoms with Crippen LogP contribution < -0.4 is 15.5 Å². The van der Waals surface area contributed by atoms with Crippen LogP contribution in [0.25, 0.3) is 0 Å². The van der Waals surface area contributed by atoms with Crippen LogP contribution in [0.3, 0.4) is 0 Å². The van der Waals surface area contributed by atoms with E-state index in [1.165, 1.54) is 55.6 Å². The Labute approximate surface area is 459 Å². The summed E-state index contributed by atoms with van der Waals surface area (Å²) in [5, 5.41) is 13.8. The van der Waals surface area contributed by atoms with Crippen molar-refractivity contribution < 1.29 is 97.3 Å². The van der Waals surface area contributed by atoms with Gasteiger partial charge in [0.1, 0.15) is 12.0 Å². The summed E-state index contributed by atoms with van der Waals surface area (Å²) in [7, 11) is -26.0. The molecule has 2 aromatic rings. The summed E-state index contributed by atoms with van der Waals surface area (Å²) in [6, 6.07) is 7.98. The van der Waals surface area contributed by atoms with E-state index in [-0.39, 0.29) is 61.4 Å². The van der Waals surface area contributed by atoms with Crippen LogP contribution in [0.5, 0.6) is 0 Å². The zero-order chi connectivity index (χ0) is 59.5. The fourth-order valence-electron chi connectivity index (χ4n) is 9.71. The molecule has 0 atom stereocenters. The van der Waals surface area contributed by atoms with E-state index < -0.39 is 148 Å². The first kappa shape index (κ1) is 64.6. The summed E-state index contributed by atoms with van der Waals surface area (Å²) in [5.41, 5.74) is -1.82. The average Bonchev–Trinajstić information content (AvgIpc) is 3.64. The summed E-state index contributed by atoms with van der Waals surface area (Å²) in [6.45, 7) is 5.12. The highest BCUT2D eigenvalue weighted by Crippen LogP contribution is 2.49. The summed E-state index contributed by atoms with van der Waals surface area (Å²) < 4.78 is 198. The van der Waals surface area contributed by atoms with Gasteiger partial charge in [0, 0.05) is 80.6 Å². The van der Waals surface area contributed by atoms with Crippen LogP contribution in [0, 0.1) is 5.41 Å². The molecule has 3 aliphatic rings. The second kappa shape index (κ2) is 24.1. The van der Waals surface area contributed by atoms with E-state index in [9.17, 15) is 87.7 Å². The SMILES string of the molecule is CN(CCCC(=O)O)S(=O)(=O)c1ccc2c(c1)C(C)(C)C(C=CC1=CC(=CC=C3N(CCCS(=O)(=O)O)c4ccc(S(=O)(=O)O)cc4C3(C)C)CC(C(=O)NCCS(=O)(=O)O)(C(=O)NCCS(=O)(=O)O)C1)=[N+]2CCCS(=O)(=O)O. The van der Waals surface area contributed by atoms with Crippen molar-refractivity contribution in [2.24, 2.45) is 5.41 Å². The molecule has 32 heteroatoms. The fourth-order valence-corrected chi connectivity index (χ4v) is 13.2. The van der Waals surface area contributed by atoms with Crippen molar-refractivity contribution >= 4 is 95.5 Å². The summed E-state index contributed by atoms with van der Waals surface area (Å²) >= 11 is 0. The number of allylic oxidation sites excluding steroid dienone is 8. The van der Waals surface area contributed by atoms with Crippen LogP contribution in [0.4, 0.5) is 11.4 Å². The second-order valence-corrected chi connectivity index (χ2v) is 30.0. The Morgan fingerprint density at radius 1 is 0.671 bits per heavy atom. The quantitative estimate of drug-likeness (QED) is 0.0380. The number of aliphatic carboxylic acids is 1. The number of sulfonamides is 1. The highest BCUT2D eigenvalue weighted by Gasteiger charge is 2.50. The normalized spacial score (nSPS) is 18.5. The molecule has 1 aliphatic carbocycles. The number of amides is 2. The van der Waals surface area contributed by atoms with Gasteiger partial charge in [0.2, 0.25) is 27.5 Å². The highest BCUT2D eigenvalue weighted by atomic mass is 32.2. The molecule has 0 radical (unpaired) electrons. The van der Waals surface area contributed by atoms with Crippen molar-refractivity contribution in [2.75, 3.05) is 67.7 Å². The Morgan fingerprint density at radius 3 is 1.76 bits per heavy atom. The lowest BCUT2D eigenvalue weighted by Crippen LogP contribution is -2.53. The molecule has 0 saturated heterocycles. The Hall–Kier alpha value is -5.26. The predicted octanol–water partition coefficient (Wildman–Crippen LogP) is 2.23. The van der Waals surface area contributed by atoms with Crippen LogP contribution in [0.15, 0.2) is 93.4 Å². The van der Waals surface area contributed by atoms with Gasteiger partial charge in [-0.05, 0) is 92.6 Å². The number of fused-ring (bicyclic) bond motifs is 2. The van der Waals surface area contributed by atoms with Crippen LogP contribution >= 0.6 is 0 Å². The van der Waals surface area contributed by atoms with E-state index in [4.69, 9.17) is 5.11 Å². The van der Waals surface area contributed by atoms with Crippen molar-refractivity contribution in [1.82, 2.24) is 14.9 Å².